The SMILES string of the molecule is Cc1[nH]ncc1CNC(C)c1ccc(C#N)cc1. The summed E-state index contributed by atoms with van der Waals surface area (Å²) in [6.45, 7) is 4.90. The highest BCUT2D eigenvalue weighted by Gasteiger charge is 2.06. The Bertz CT molecular complexity index is 548. The molecule has 2 rings (SSSR count). The molecule has 1 unspecified atom stereocenters. The van der Waals surface area contributed by atoms with Crippen molar-refractivity contribution in [2.45, 2.75) is 26.4 Å². The van der Waals surface area contributed by atoms with Crippen LogP contribution in [-0.4, -0.2) is 10.2 Å². The van der Waals surface area contributed by atoms with E-state index in [0.717, 1.165) is 12.2 Å². The molecule has 18 heavy (non-hydrogen) atoms. The van der Waals surface area contributed by atoms with Gasteiger partial charge in [0.1, 0.15) is 0 Å². The number of aryl methyl sites for hydroxylation is 1. The highest BCUT2D eigenvalue weighted by molar-refractivity contribution is 5.32. The predicted octanol–water partition coefficient (Wildman–Crippen LogP) is 2.44. The average molecular weight is 240 g/mol. The minimum absolute atomic E-state index is 0.243. The third kappa shape index (κ3) is 2.76. The van der Waals surface area contributed by atoms with E-state index in [1.807, 2.05) is 37.4 Å². The molecule has 0 saturated heterocycles. The summed E-state index contributed by atoms with van der Waals surface area (Å²) < 4.78 is 0. The Morgan fingerprint density at radius 3 is 2.67 bits per heavy atom. The number of nitriles is 1. The zero-order chi connectivity index (χ0) is 13.0. The topological polar surface area (TPSA) is 64.5 Å². The number of rotatable bonds is 4. The molecule has 0 aliphatic heterocycles. The van der Waals surface area contributed by atoms with Crippen molar-refractivity contribution in [2.75, 3.05) is 0 Å². The van der Waals surface area contributed by atoms with Gasteiger partial charge in [0.15, 0.2) is 0 Å². The molecule has 0 saturated carbocycles. The van der Waals surface area contributed by atoms with Gasteiger partial charge in [0.05, 0.1) is 17.8 Å². The van der Waals surface area contributed by atoms with Crippen molar-refractivity contribution in [1.29, 1.82) is 5.26 Å². The molecule has 0 aliphatic rings. The Morgan fingerprint density at radius 2 is 2.11 bits per heavy atom. The molecule has 4 heteroatoms. The molecule has 4 nitrogen and oxygen atoms in total. The average Bonchev–Trinajstić information content (AvgIpc) is 2.81. The Balaban J connectivity index is 1.97. The van der Waals surface area contributed by atoms with Crippen molar-refractivity contribution in [1.82, 2.24) is 15.5 Å². The first-order valence-corrected chi connectivity index (χ1v) is 5.93. The van der Waals surface area contributed by atoms with E-state index >= 15 is 0 Å². The van der Waals surface area contributed by atoms with Gasteiger partial charge in [-0.25, -0.2) is 0 Å². The van der Waals surface area contributed by atoms with E-state index in [4.69, 9.17) is 5.26 Å². The van der Waals surface area contributed by atoms with Crippen LogP contribution in [0.4, 0.5) is 0 Å². The second kappa shape index (κ2) is 5.48. The number of aromatic nitrogens is 2. The fourth-order valence-electron chi connectivity index (χ4n) is 1.78. The van der Waals surface area contributed by atoms with Crippen LogP contribution in [0, 0.1) is 18.3 Å². The van der Waals surface area contributed by atoms with Crippen LogP contribution in [0.15, 0.2) is 30.5 Å². The Hall–Kier alpha value is -2.12. The quantitative estimate of drug-likeness (QED) is 0.862. The van der Waals surface area contributed by atoms with Crippen LogP contribution >= 0.6 is 0 Å². The summed E-state index contributed by atoms with van der Waals surface area (Å²) in [5.74, 6) is 0. The van der Waals surface area contributed by atoms with Crippen molar-refractivity contribution < 1.29 is 0 Å². The van der Waals surface area contributed by atoms with Gasteiger partial charge in [0.25, 0.3) is 0 Å². The molecule has 0 bridgehead atoms. The van der Waals surface area contributed by atoms with Gasteiger partial charge in [-0.05, 0) is 31.5 Å². The lowest BCUT2D eigenvalue weighted by Gasteiger charge is -2.14. The maximum atomic E-state index is 8.75. The van der Waals surface area contributed by atoms with Crippen LogP contribution in [0.1, 0.15) is 35.3 Å². The predicted molar refractivity (Wildman–Crippen MR) is 69.7 cm³/mol. The third-order valence-electron chi connectivity index (χ3n) is 3.07. The summed E-state index contributed by atoms with van der Waals surface area (Å²) in [6, 6.07) is 10.0. The maximum absolute atomic E-state index is 8.75. The summed E-state index contributed by atoms with van der Waals surface area (Å²) in [7, 11) is 0. The molecule has 2 N–H and O–H groups in total. The third-order valence-corrected chi connectivity index (χ3v) is 3.07. The minimum atomic E-state index is 0.243. The number of hydrogen-bond donors (Lipinski definition) is 2. The molecule has 0 aliphatic carbocycles. The molecule has 0 spiro atoms. The number of nitrogens with one attached hydrogen (secondary N) is 2. The van der Waals surface area contributed by atoms with Crippen molar-refractivity contribution in [2.24, 2.45) is 0 Å². The summed E-state index contributed by atoms with van der Waals surface area (Å²) in [6.07, 6.45) is 1.84. The highest BCUT2D eigenvalue weighted by Crippen LogP contribution is 2.14. The summed E-state index contributed by atoms with van der Waals surface area (Å²) in [4.78, 5) is 0. The largest absolute Gasteiger partial charge is 0.306 e. The van der Waals surface area contributed by atoms with E-state index in [9.17, 15) is 0 Å². The number of H-pyrrole nitrogens is 1. The molecule has 0 amide bonds. The molecular formula is C14H16N4. The van der Waals surface area contributed by atoms with Gasteiger partial charge in [-0.15, -0.1) is 0 Å². The number of nitrogens with zero attached hydrogens (tertiary/aromatic N) is 2. The molecule has 1 aromatic heterocycles. The van der Waals surface area contributed by atoms with E-state index in [-0.39, 0.29) is 6.04 Å². The fourth-order valence-corrected chi connectivity index (χ4v) is 1.78. The molecule has 1 atom stereocenters. The lowest BCUT2D eigenvalue weighted by atomic mass is 10.1. The molecule has 92 valence electrons. The molecular weight excluding hydrogens is 224 g/mol. The Labute approximate surface area is 107 Å². The number of aromatic amines is 1. The number of benzene rings is 1. The summed E-state index contributed by atoms with van der Waals surface area (Å²) in [5.41, 5.74) is 4.14. The van der Waals surface area contributed by atoms with Crippen molar-refractivity contribution in [3.63, 3.8) is 0 Å². The van der Waals surface area contributed by atoms with Gasteiger partial charge in [0.2, 0.25) is 0 Å². The monoisotopic (exact) mass is 240 g/mol. The fraction of sp³-hybridized carbons (Fsp3) is 0.286. The van der Waals surface area contributed by atoms with Gasteiger partial charge < -0.3 is 5.32 Å². The lowest BCUT2D eigenvalue weighted by Crippen LogP contribution is -2.18. The summed E-state index contributed by atoms with van der Waals surface area (Å²) in [5, 5.41) is 19.1. The first-order valence-electron chi connectivity index (χ1n) is 5.93. The maximum Gasteiger partial charge on any atom is 0.0991 e. The zero-order valence-electron chi connectivity index (χ0n) is 10.6. The van der Waals surface area contributed by atoms with E-state index < -0.39 is 0 Å². The van der Waals surface area contributed by atoms with Gasteiger partial charge >= 0.3 is 0 Å². The van der Waals surface area contributed by atoms with Crippen molar-refractivity contribution in [3.8, 4) is 6.07 Å². The molecule has 0 fully saturated rings. The number of hydrogen-bond acceptors (Lipinski definition) is 3. The second-order valence-corrected chi connectivity index (χ2v) is 4.36. The van der Waals surface area contributed by atoms with E-state index in [2.05, 4.69) is 28.5 Å². The molecule has 0 radical (unpaired) electrons. The highest BCUT2D eigenvalue weighted by atomic mass is 15.1. The Kier molecular flexibility index (Phi) is 3.75. The first kappa shape index (κ1) is 12.3. The van der Waals surface area contributed by atoms with Gasteiger partial charge in [-0.3, -0.25) is 5.10 Å². The van der Waals surface area contributed by atoms with Crippen LogP contribution in [-0.2, 0) is 6.54 Å². The normalized spacial score (nSPS) is 12.1. The van der Waals surface area contributed by atoms with Crippen LogP contribution in [0.25, 0.3) is 0 Å². The molecule has 1 aromatic carbocycles. The first-order chi connectivity index (χ1) is 8.70. The van der Waals surface area contributed by atoms with E-state index in [1.165, 1.54) is 11.1 Å². The standard InChI is InChI=1S/C14H16N4/c1-10(13-5-3-12(7-15)4-6-13)16-8-14-9-17-18-11(14)2/h3-6,9-10,16H,8H2,1-2H3,(H,17,18). The second-order valence-electron chi connectivity index (χ2n) is 4.36. The van der Waals surface area contributed by atoms with Crippen LogP contribution in [0.3, 0.4) is 0 Å². The van der Waals surface area contributed by atoms with Gasteiger partial charge in [0, 0.05) is 23.8 Å². The van der Waals surface area contributed by atoms with Crippen molar-refractivity contribution in [3.05, 3.63) is 52.8 Å². The molecule has 2 aromatic rings. The summed E-state index contributed by atoms with van der Waals surface area (Å²) >= 11 is 0. The lowest BCUT2D eigenvalue weighted by molar-refractivity contribution is 0.573. The van der Waals surface area contributed by atoms with Crippen LogP contribution in [0.2, 0.25) is 0 Å². The van der Waals surface area contributed by atoms with Crippen LogP contribution < -0.4 is 5.32 Å². The van der Waals surface area contributed by atoms with E-state index in [0.29, 0.717) is 5.56 Å². The molecule has 1 heterocycles. The smallest absolute Gasteiger partial charge is 0.0991 e. The minimum Gasteiger partial charge on any atom is -0.306 e. The van der Waals surface area contributed by atoms with Gasteiger partial charge in [-0.1, -0.05) is 12.1 Å². The van der Waals surface area contributed by atoms with Crippen LogP contribution in [0.5, 0.6) is 0 Å². The zero-order valence-corrected chi connectivity index (χ0v) is 10.6. The van der Waals surface area contributed by atoms with Crippen molar-refractivity contribution >= 4 is 0 Å². The van der Waals surface area contributed by atoms with E-state index in [1.54, 1.807) is 0 Å². The van der Waals surface area contributed by atoms with Gasteiger partial charge in [-0.2, -0.15) is 10.4 Å². The Morgan fingerprint density at radius 1 is 1.39 bits per heavy atom.